The first-order valence-electron chi connectivity index (χ1n) is 16.6. The number of rotatable bonds is 16. The lowest BCUT2D eigenvalue weighted by Gasteiger charge is -2.34. The summed E-state index contributed by atoms with van der Waals surface area (Å²) in [7, 11) is 0. The highest BCUT2D eigenvalue weighted by Crippen LogP contribution is 2.30. The van der Waals surface area contributed by atoms with E-state index in [1.54, 1.807) is 0 Å². The monoisotopic (exact) mass is 610 g/mol. The Kier molecular flexibility index (Phi) is 11.4. The molecule has 6 heteroatoms. The van der Waals surface area contributed by atoms with E-state index in [0.717, 1.165) is 21.9 Å². The van der Waals surface area contributed by atoms with Gasteiger partial charge in [0.15, 0.2) is 0 Å². The van der Waals surface area contributed by atoms with E-state index in [1.807, 2.05) is 64.1 Å². The van der Waals surface area contributed by atoms with Crippen LogP contribution in [0.4, 0.5) is 0 Å². The molecule has 0 spiro atoms. The standard InChI is InChI=1S/C39H50N2O4/c1-5-37(44,25-23-31-19-13-17-29-15-9-11-21-33(29)31)27-40-35(42)39(7-3,8-4)36(43)41-28-38(45,6-2)26-24-32-20-14-18-30-16-10-12-22-34(30)32/h9-22,44-45H,5-8,23-28H2,1-4H3,(H,40,42)(H,41,43). The van der Waals surface area contributed by atoms with E-state index in [0.29, 0.717) is 51.4 Å². The van der Waals surface area contributed by atoms with Gasteiger partial charge in [-0.2, -0.15) is 0 Å². The van der Waals surface area contributed by atoms with E-state index in [9.17, 15) is 19.8 Å². The molecule has 0 fully saturated rings. The smallest absolute Gasteiger partial charge is 0.235 e. The predicted molar refractivity (Wildman–Crippen MR) is 184 cm³/mol. The Morgan fingerprint density at radius 2 is 0.933 bits per heavy atom. The van der Waals surface area contributed by atoms with Crippen molar-refractivity contribution in [1.82, 2.24) is 10.6 Å². The van der Waals surface area contributed by atoms with Crippen molar-refractivity contribution in [3.63, 3.8) is 0 Å². The highest BCUT2D eigenvalue weighted by molar-refractivity contribution is 6.05. The zero-order chi connectivity index (χ0) is 32.5. The van der Waals surface area contributed by atoms with Crippen molar-refractivity contribution in [1.29, 1.82) is 0 Å². The fourth-order valence-electron chi connectivity index (χ4n) is 6.36. The second-order valence-corrected chi connectivity index (χ2v) is 12.6. The van der Waals surface area contributed by atoms with Crippen LogP contribution in [0.1, 0.15) is 77.3 Å². The van der Waals surface area contributed by atoms with Crippen molar-refractivity contribution in [3.8, 4) is 0 Å². The molecule has 4 N–H and O–H groups in total. The van der Waals surface area contributed by atoms with Crippen molar-refractivity contribution in [2.24, 2.45) is 5.41 Å². The van der Waals surface area contributed by atoms with Crippen LogP contribution in [0.2, 0.25) is 0 Å². The number of aliphatic hydroxyl groups is 2. The number of amides is 2. The molecular formula is C39H50N2O4. The second kappa shape index (κ2) is 15.0. The summed E-state index contributed by atoms with van der Waals surface area (Å²) in [5, 5.41) is 33.5. The highest BCUT2D eigenvalue weighted by atomic mass is 16.3. The maximum absolute atomic E-state index is 13.7. The van der Waals surface area contributed by atoms with E-state index in [1.165, 1.54) is 10.8 Å². The first-order valence-corrected chi connectivity index (χ1v) is 16.6. The Morgan fingerprint density at radius 1 is 0.556 bits per heavy atom. The third-order valence-electron chi connectivity index (χ3n) is 10.0. The molecule has 2 amide bonds. The summed E-state index contributed by atoms with van der Waals surface area (Å²) in [6.07, 6.45) is 3.85. The summed E-state index contributed by atoms with van der Waals surface area (Å²) in [6.45, 7) is 7.62. The second-order valence-electron chi connectivity index (χ2n) is 12.6. The Bertz CT molecular complexity index is 1470. The van der Waals surface area contributed by atoms with Gasteiger partial charge in [0, 0.05) is 13.1 Å². The van der Waals surface area contributed by atoms with Crippen molar-refractivity contribution >= 4 is 33.4 Å². The molecule has 0 bridgehead atoms. The quantitative estimate of drug-likeness (QED) is 0.104. The largest absolute Gasteiger partial charge is 0.388 e. The number of hydrogen-bond acceptors (Lipinski definition) is 4. The lowest BCUT2D eigenvalue weighted by Crippen LogP contribution is -2.55. The van der Waals surface area contributed by atoms with Crippen LogP contribution in [0.25, 0.3) is 21.5 Å². The lowest BCUT2D eigenvalue weighted by atomic mass is 9.79. The molecule has 0 aliphatic carbocycles. The maximum atomic E-state index is 13.7. The van der Waals surface area contributed by atoms with Crippen LogP contribution in [0, 0.1) is 5.41 Å². The fraction of sp³-hybridized carbons (Fsp3) is 0.436. The highest BCUT2D eigenvalue weighted by Gasteiger charge is 2.44. The summed E-state index contributed by atoms with van der Waals surface area (Å²) in [5.74, 6) is -0.782. The van der Waals surface area contributed by atoms with Crippen molar-refractivity contribution in [3.05, 3.63) is 96.1 Å². The molecule has 0 saturated carbocycles. The lowest BCUT2D eigenvalue weighted by molar-refractivity contribution is -0.146. The fourth-order valence-corrected chi connectivity index (χ4v) is 6.36. The molecule has 0 aromatic heterocycles. The Hall–Kier alpha value is -3.74. The van der Waals surface area contributed by atoms with Crippen LogP contribution in [-0.4, -0.2) is 46.3 Å². The minimum absolute atomic E-state index is 0.0616. The van der Waals surface area contributed by atoms with E-state index in [4.69, 9.17) is 0 Å². The number of aryl methyl sites for hydroxylation is 2. The van der Waals surface area contributed by atoms with Gasteiger partial charge in [0.25, 0.3) is 0 Å². The van der Waals surface area contributed by atoms with E-state index in [2.05, 4.69) is 59.2 Å². The average molecular weight is 611 g/mol. The summed E-state index contributed by atoms with van der Waals surface area (Å²) in [4.78, 5) is 27.3. The van der Waals surface area contributed by atoms with Gasteiger partial charge in [0.1, 0.15) is 5.41 Å². The van der Waals surface area contributed by atoms with Gasteiger partial charge in [0.05, 0.1) is 11.2 Å². The minimum Gasteiger partial charge on any atom is -0.388 e. The molecule has 4 aromatic carbocycles. The van der Waals surface area contributed by atoms with Gasteiger partial charge in [-0.3, -0.25) is 9.59 Å². The van der Waals surface area contributed by atoms with E-state index in [-0.39, 0.29) is 13.1 Å². The van der Waals surface area contributed by atoms with Gasteiger partial charge in [-0.05, 0) is 84.0 Å². The van der Waals surface area contributed by atoms with Crippen molar-refractivity contribution in [2.45, 2.75) is 90.3 Å². The van der Waals surface area contributed by atoms with Crippen LogP contribution in [0.5, 0.6) is 0 Å². The van der Waals surface area contributed by atoms with Gasteiger partial charge in [-0.1, -0.05) is 113 Å². The molecular weight excluding hydrogens is 560 g/mol. The molecule has 0 radical (unpaired) electrons. The predicted octanol–water partition coefficient (Wildman–Crippen LogP) is 6.88. The molecule has 0 saturated heterocycles. The molecule has 240 valence electrons. The van der Waals surface area contributed by atoms with E-state index >= 15 is 0 Å². The minimum atomic E-state index is -1.30. The molecule has 45 heavy (non-hydrogen) atoms. The first-order chi connectivity index (χ1) is 21.6. The number of benzene rings is 4. The number of carbonyl (C=O) groups excluding carboxylic acids is 2. The zero-order valence-corrected chi connectivity index (χ0v) is 27.4. The zero-order valence-electron chi connectivity index (χ0n) is 27.4. The van der Waals surface area contributed by atoms with Gasteiger partial charge in [0.2, 0.25) is 11.8 Å². The Balaban J connectivity index is 1.37. The van der Waals surface area contributed by atoms with E-state index < -0.39 is 28.4 Å². The molecule has 2 atom stereocenters. The Labute approximate surface area is 268 Å². The van der Waals surface area contributed by atoms with Crippen molar-refractivity contribution < 1.29 is 19.8 Å². The summed E-state index contributed by atoms with van der Waals surface area (Å²) in [6, 6.07) is 28.8. The maximum Gasteiger partial charge on any atom is 0.235 e. The first kappa shape index (κ1) is 34.1. The summed E-state index contributed by atoms with van der Waals surface area (Å²) in [5.41, 5.74) is -1.20. The molecule has 6 nitrogen and oxygen atoms in total. The van der Waals surface area contributed by atoms with Crippen LogP contribution in [0.3, 0.4) is 0 Å². The van der Waals surface area contributed by atoms with Crippen LogP contribution >= 0.6 is 0 Å². The summed E-state index contributed by atoms with van der Waals surface area (Å²) >= 11 is 0. The van der Waals surface area contributed by atoms with Gasteiger partial charge < -0.3 is 20.8 Å². The van der Waals surface area contributed by atoms with Crippen LogP contribution < -0.4 is 10.6 Å². The molecule has 2 unspecified atom stereocenters. The molecule has 4 rings (SSSR count). The number of fused-ring (bicyclic) bond motifs is 2. The van der Waals surface area contributed by atoms with Crippen LogP contribution in [-0.2, 0) is 22.4 Å². The normalized spacial score (nSPS) is 14.5. The number of nitrogens with one attached hydrogen (secondary N) is 2. The SMILES string of the molecule is CCC(O)(CCc1cccc2ccccc12)CNC(=O)C(CC)(CC)C(=O)NCC(O)(CC)CCc1cccc2ccccc12. The van der Waals surface area contributed by atoms with Crippen molar-refractivity contribution in [2.75, 3.05) is 13.1 Å². The number of hydrogen-bond donors (Lipinski definition) is 4. The van der Waals surface area contributed by atoms with Gasteiger partial charge >= 0.3 is 0 Å². The van der Waals surface area contributed by atoms with Gasteiger partial charge in [-0.15, -0.1) is 0 Å². The topological polar surface area (TPSA) is 98.7 Å². The molecule has 4 aromatic rings. The van der Waals surface area contributed by atoms with Crippen LogP contribution in [0.15, 0.2) is 84.9 Å². The molecule has 0 aliphatic heterocycles. The molecule has 0 heterocycles. The average Bonchev–Trinajstić information content (AvgIpc) is 3.08. The third-order valence-corrected chi connectivity index (χ3v) is 10.0. The summed E-state index contributed by atoms with van der Waals surface area (Å²) < 4.78 is 0. The third kappa shape index (κ3) is 7.92. The molecule has 0 aliphatic rings. The van der Waals surface area contributed by atoms with Gasteiger partial charge in [-0.25, -0.2) is 0 Å². The Morgan fingerprint density at radius 3 is 1.31 bits per heavy atom. The number of carbonyl (C=O) groups is 2.